The zero-order valence-corrected chi connectivity index (χ0v) is 19.5. The van der Waals surface area contributed by atoms with Crippen molar-refractivity contribution < 1.29 is 24.2 Å². The highest BCUT2D eigenvalue weighted by atomic mass is 32.1. The summed E-state index contributed by atoms with van der Waals surface area (Å²) < 4.78 is 11.2. The largest absolute Gasteiger partial charge is 0.507 e. The van der Waals surface area contributed by atoms with Crippen LogP contribution in [0.3, 0.4) is 0 Å². The molecule has 4 rings (SSSR count). The molecule has 1 N–H and O–H groups in total. The van der Waals surface area contributed by atoms with Gasteiger partial charge >= 0.3 is 0 Å². The number of methoxy groups -OCH3 is 1. The van der Waals surface area contributed by atoms with Gasteiger partial charge in [-0.25, -0.2) is 0 Å². The number of Topliss-reactive ketones (excluding diaryl/α,β-unsaturated/α-hetero) is 1. The Morgan fingerprint density at radius 1 is 1.09 bits per heavy atom. The second-order valence-electron chi connectivity index (χ2n) is 7.95. The molecule has 1 atom stereocenters. The van der Waals surface area contributed by atoms with E-state index in [1.807, 2.05) is 55.6 Å². The fraction of sp³-hybridized carbons (Fsp3) is 0.231. The molecule has 3 aromatic rings. The topological polar surface area (TPSA) is 76.1 Å². The van der Waals surface area contributed by atoms with Gasteiger partial charge in [-0.05, 0) is 43.5 Å². The number of para-hydroxylation sites is 1. The number of hydrogen-bond donors (Lipinski definition) is 1. The first-order chi connectivity index (χ1) is 15.9. The molecule has 1 amide bonds. The quantitative estimate of drug-likeness (QED) is 0.297. The van der Waals surface area contributed by atoms with Crippen molar-refractivity contribution >= 4 is 28.8 Å². The van der Waals surface area contributed by atoms with E-state index in [2.05, 4.69) is 0 Å². The van der Waals surface area contributed by atoms with Crippen LogP contribution < -0.4 is 9.47 Å². The molecule has 7 heteroatoms. The van der Waals surface area contributed by atoms with Crippen LogP contribution in [0.4, 0.5) is 0 Å². The van der Waals surface area contributed by atoms with E-state index < -0.39 is 17.7 Å². The maximum atomic E-state index is 13.2. The average molecular weight is 464 g/mol. The minimum Gasteiger partial charge on any atom is -0.507 e. The standard InChI is InChI=1S/C26H25NO5S/c1-16(2)32-19-10-6-9-17(14-19)24(28)22-23(21-12-7-13-33-21)27(26(30)25(22)29)15-18-8-4-5-11-20(18)31-3/h4-14,16,23,28H,15H2,1-3H3/b24-22-. The Kier molecular flexibility index (Phi) is 6.51. The predicted octanol–water partition coefficient (Wildman–Crippen LogP) is 5.17. The van der Waals surface area contributed by atoms with Crippen molar-refractivity contribution in [3.63, 3.8) is 0 Å². The lowest BCUT2D eigenvalue weighted by Gasteiger charge is -2.25. The Hall–Kier alpha value is -3.58. The Morgan fingerprint density at radius 3 is 2.58 bits per heavy atom. The number of rotatable bonds is 7. The number of amides is 1. The smallest absolute Gasteiger partial charge is 0.295 e. The second kappa shape index (κ2) is 9.50. The molecule has 1 fully saturated rings. The first-order valence-electron chi connectivity index (χ1n) is 10.6. The summed E-state index contributed by atoms with van der Waals surface area (Å²) in [6.07, 6.45) is -0.0417. The highest BCUT2D eigenvalue weighted by Gasteiger charge is 2.46. The molecule has 0 saturated carbocycles. The number of aliphatic hydroxyl groups excluding tert-OH is 1. The number of carbonyl (C=O) groups is 2. The SMILES string of the molecule is COc1ccccc1CN1C(=O)C(=O)/C(=C(\O)c2cccc(OC(C)C)c2)C1c1cccs1. The number of nitrogens with zero attached hydrogens (tertiary/aromatic N) is 1. The molecule has 0 aliphatic carbocycles. The van der Waals surface area contributed by atoms with Gasteiger partial charge in [0, 0.05) is 16.0 Å². The van der Waals surface area contributed by atoms with Crippen LogP contribution in [-0.4, -0.2) is 34.9 Å². The van der Waals surface area contributed by atoms with Crippen LogP contribution in [0.2, 0.25) is 0 Å². The fourth-order valence-electron chi connectivity index (χ4n) is 3.95. The summed E-state index contributed by atoms with van der Waals surface area (Å²) in [6.45, 7) is 3.99. The summed E-state index contributed by atoms with van der Waals surface area (Å²) in [7, 11) is 1.57. The van der Waals surface area contributed by atoms with E-state index in [-0.39, 0.29) is 24.0 Å². The minimum atomic E-state index is -0.712. The van der Waals surface area contributed by atoms with Gasteiger partial charge in [-0.3, -0.25) is 9.59 Å². The summed E-state index contributed by atoms with van der Waals surface area (Å²) in [5.74, 6) is -0.386. The van der Waals surface area contributed by atoms with Crippen molar-refractivity contribution in [3.8, 4) is 11.5 Å². The third-order valence-corrected chi connectivity index (χ3v) is 6.29. The number of aliphatic hydroxyl groups is 1. The monoisotopic (exact) mass is 463 g/mol. The van der Waals surface area contributed by atoms with E-state index in [9.17, 15) is 14.7 Å². The van der Waals surface area contributed by atoms with Crippen LogP contribution in [0.5, 0.6) is 11.5 Å². The third kappa shape index (κ3) is 4.50. The van der Waals surface area contributed by atoms with Gasteiger partial charge in [-0.2, -0.15) is 0 Å². The van der Waals surface area contributed by atoms with Gasteiger partial charge in [0.25, 0.3) is 11.7 Å². The van der Waals surface area contributed by atoms with Gasteiger partial charge in [-0.15, -0.1) is 11.3 Å². The van der Waals surface area contributed by atoms with Crippen LogP contribution in [0.25, 0.3) is 5.76 Å². The number of carbonyl (C=O) groups excluding carboxylic acids is 2. The molecule has 6 nitrogen and oxygen atoms in total. The Labute approximate surface area is 196 Å². The van der Waals surface area contributed by atoms with Crippen LogP contribution in [0.1, 0.15) is 35.9 Å². The minimum absolute atomic E-state index is 0.0417. The first-order valence-corrected chi connectivity index (χ1v) is 11.5. The molecule has 0 radical (unpaired) electrons. The maximum Gasteiger partial charge on any atom is 0.295 e. The van der Waals surface area contributed by atoms with Crippen molar-refractivity contribution in [2.24, 2.45) is 0 Å². The summed E-state index contributed by atoms with van der Waals surface area (Å²) in [4.78, 5) is 28.6. The van der Waals surface area contributed by atoms with Gasteiger partial charge in [-0.1, -0.05) is 36.4 Å². The molecule has 1 aliphatic rings. The van der Waals surface area contributed by atoms with Crippen LogP contribution in [-0.2, 0) is 16.1 Å². The van der Waals surface area contributed by atoms with Gasteiger partial charge in [0.1, 0.15) is 17.3 Å². The van der Waals surface area contributed by atoms with E-state index in [1.54, 1.807) is 31.4 Å². The van der Waals surface area contributed by atoms with E-state index >= 15 is 0 Å². The predicted molar refractivity (Wildman–Crippen MR) is 127 cm³/mol. The van der Waals surface area contributed by atoms with Crippen molar-refractivity contribution in [1.29, 1.82) is 0 Å². The summed E-state index contributed by atoms with van der Waals surface area (Å²) in [5, 5.41) is 13.1. The van der Waals surface area contributed by atoms with Crippen LogP contribution >= 0.6 is 11.3 Å². The van der Waals surface area contributed by atoms with Crippen LogP contribution in [0.15, 0.2) is 71.6 Å². The molecule has 2 aromatic carbocycles. The molecular formula is C26H25NO5S. The molecule has 170 valence electrons. The number of benzene rings is 2. The zero-order valence-electron chi connectivity index (χ0n) is 18.6. The highest BCUT2D eigenvalue weighted by molar-refractivity contribution is 7.10. The number of ketones is 1. The highest BCUT2D eigenvalue weighted by Crippen LogP contribution is 2.42. The van der Waals surface area contributed by atoms with Gasteiger partial charge < -0.3 is 19.5 Å². The third-order valence-electron chi connectivity index (χ3n) is 5.37. The molecule has 0 spiro atoms. The lowest BCUT2D eigenvalue weighted by molar-refractivity contribution is -0.140. The fourth-order valence-corrected chi connectivity index (χ4v) is 4.79. The lowest BCUT2D eigenvalue weighted by atomic mass is 9.99. The van der Waals surface area contributed by atoms with Gasteiger partial charge in [0.05, 0.1) is 31.4 Å². The second-order valence-corrected chi connectivity index (χ2v) is 8.93. The molecule has 1 aromatic heterocycles. The lowest BCUT2D eigenvalue weighted by Crippen LogP contribution is -2.29. The van der Waals surface area contributed by atoms with Crippen molar-refractivity contribution in [2.45, 2.75) is 32.5 Å². The van der Waals surface area contributed by atoms with Crippen molar-refractivity contribution in [2.75, 3.05) is 7.11 Å². The molecule has 1 saturated heterocycles. The van der Waals surface area contributed by atoms with E-state index in [0.717, 1.165) is 10.4 Å². The summed E-state index contributed by atoms with van der Waals surface area (Å²) in [5.41, 5.74) is 1.26. The zero-order chi connectivity index (χ0) is 23.5. The summed E-state index contributed by atoms with van der Waals surface area (Å²) >= 11 is 1.43. The van der Waals surface area contributed by atoms with Gasteiger partial charge in [0.2, 0.25) is 0 Å². The Bertz CT molecular complexity index is 1200. The number of ether oxygens (including phenoxy) is 2. The Morgan fingerprint density at radius 2 is 1.88 bits per heavy atom. The van der Waals surface area contributed by atoms with Crippen molar-refractivity contribution in [1.82, 2.24) is 4.90 Å². The van der Waals surface area contributed by atoms with Gasteiger partial charge in [0.15, 0.2) is 0 Å². The molecule has 1 aliphatic heterocycles. The van der Waals surface area contributed by atoms with E-state index in [4.69, 9.17) is 9.47 Å². The molecule has 1 unspecified atom stereocenters. The van der Waals surface area contributed by atoms with Crippen molar-refractivity contribution in [3.05, 3.63) is 87.6 Å². The molecule has 0 bridgehead atoms. The normalized spacial score (nSPS) is 17.6. The van der Waals surface area contributed by atoms with E-state index in [0.29, 0.717) is 17.1 Å². The maximum absolute atomic E-state index is 13.2. The first kappa shape index (κ1) is 22.6. The molecule has 2 heterocycles. The Balaban J connectivity index is 1.81. The molecule has 33 heavy (non-hydrogen) atoms. The average Bonchev–Trinajstić information content (AvgIpc) is 3.41. The van der Waals surface area contributed by atoms with E-state index in [1.165, 1.54) is 16.2 Å². The molecular weight excluding hydrogens is 438 g/mol. The summed E-state index contributed by atoms with van der Waals surface area (Å²) in [6, 6.07) is 17.3. The number of thiophene rings is 1. The van der Waals surface area contributed by atoms with Crippen LogP contribution in [0, 0.1) is 0 Å². The number of hydrogen-bond acceptors (Lipinski definition) is 6. The number of likely N-dealkylation sites (tertiary alicyclic amines) is 1.